The van der Waals surface area contributed by atoms with E-state index < -0.39 is 0 Å². The third-order valence-electron chi connectivity index (χ3n) is 3.09. The van der Waals surface area contributed by atoms with E-state index in [-0.39, 0.29) is 18.4 Å². The molecule has 2 amide bonds. The summed E-state index contributed by atoms with van der Waals surface area (Å²) in [4.78, 5) is 29.9. The highest BCUT2D eigenvalue weighted by atomic mass is 16.2. The van der Waals surface area contributed by atoms with E-state index in [9.17, 15) is 9.59 Å². The molecule has 1 heterocycles. The Hall–Kier alpha value is -2.63. The second-order valence-electron chi connectivity index (χ2n) is 4.80. The molecule has 0 aliphatic rings. The number of hydrogen-bond donors (Lipinski definition) is 2. The highest BCUT2D eigenvalue weighted by Gasteiger charge is 2.14. The number of aromatic nitrogens is 1. The lowest BCUT2D eigenvalue weighted by Crippen LogP contribution is -2.35. The van der Waals surface area contributed by atoms with Gasteiger partial charge in [-0.2, -0.15) is 0 Å². The van der Waals surface area contributed by atoms with Crippen LogP contribution in [0.5, 0.6) is 0 Å². The molecular formula is C15H18N4O2. The van der Waals surface area contributed by atoms with Gasteiger partial charge in [-0.3, -0.25) is 9.59 Å². The largest absolute Gasteiger partial charge is 0.363 e. The van der Waals surface area contributed by atoms with Crippen molar-refractivity contribution in [2.75, 3.05) is 32.6 Å². The van der Waals surface area contributed by atoms with Gasteiger partial charge in [0.1, 0.15) is 5.82 Å². The second-order valence-corrected chi connectivity index (χ2v) is 4.80. The summed E-state index contributed by atoms with van der Waals surface area (Å²) in [6.07, 6.45) is 0. The third kappa shape index (κ3) is 3.28. The topological polar surface area (TPSA) is 74.3 Å². The molecule has 6 nitrogen and oxygen atoms in total. The number of nitrogens with zero attached hydrogens (tertiary/aromatic N) is 2. The Kier molecular flexibility index (Phi) is 4.37. The maximum atomic E-state index is 12.3. The smallest absolute Gasteiger partial charge is 0.252 e. The molecular weight excluding hydrogens is 268 g/mol. The lowest BCUT2D eigenvalue weighted by Gasteiger charge is -2.15. The van der Waals surface area contributed by atoms with Gasteiger partial charge in [-0.15, -0.1) is 0 Å². The average Bonchev–Trinajstić information content (AvgIpc) is 2.50. The van der Waals surface area contributed by atoms with Crippen molar-refractivity contribution < 1.29 is 9.59 Å². The number of carbonyl (C=O) groups is 2. The summed E-state index contributed by atoms with van der Waals surface area (Å²) >= 11 is 0. The van der Waals surface area contributed by atoms with Gasteiger partial charge in [0.25, 0.3) is 5.91 Å². The number of fused-ring (bicyclic) bond motifs is 1. The van der Waals surface area contributed by atoms with E-state index >= 15 is 0 Å². The molecule has 2 rings (SSSR count). The summed E-state index contributed by atoms with van der Waals surface area (Å²) in [7, 11) is 5.26. The molecule has 0 aliphatic heterocycles. The summed E-state index contributed by atoms with van der Waals surface area (Å²) in [6.45, 7) is -0.0523. The SMILES string of the molecule is CNC(=O)CNC(=O)c1cc(N(C)C)nc2ccccc12. The number of likely N-dealkylation sites (N-methyl/N-ethyl adjacent to an activating group) is 1. The van der Waals surface area contributed by atoms with Gasteiger partial charge in [-0.1, -0.05) is 18.2 Å². The molecule has 0 saturated heterocycles. The number of anilines is 1. The molecule has 0 atom stereocenters. The number of nitrogens with one attached hydrogen (secondary N) is 2. The maximum Gasteiger partial charge on any atom is 0.252 e. The van der Waals surface area contributed by atoms with Crippen molar-refractivity contribution in [3.05, 3.63) is 35.9 Å². The first-order chi connectivity index (χ1) is 10.0. The predicted octanol–water partition coefficient (Wildman–Crippen LogP) is 0.777. The van der Waals surface area contributed by atoms with Crippen LogP contribution in [-0.2, 0) is 4.79 Å². The second kappa shape index (κ2) is 6.21. The first-order valence-corrected chi connectivity index (χ1v) is 6.59. The van der Waals surface area contributed by atoms with Crippen LogP contribution in [0.3, 0.4) is 0 Å². The van der Waals surface area contributed by atoms with Crippen molar-refractivity contribution in [2.24, 2.45) is 0 Å². The fourth-order valence-corrected chi connectivity index (χ4v) is 1.92. The van der Waals surface area contributed by atoms with E-state index in [1.165, 1.54) is 7.05 Å². The van der Waals surface area contributed by atoms with Crippen LogP contribution in [0.4, 0.5) is 5.82 Å². The van der Waals surface area contributed by atoms with E-state index in [0.29, 0.717) is 11.4 Å². The van der Waals surface area contributed by atoms with Crippen LogP contribution < -0.4 is 15.5 Å². The highest BCUT2D eigenvalue weighted by molar-refractivity contribution is 6.07. The van der Waals surface area contributed by atoms with Gasteiger partial charge in [0.2, 0.25) is 5.91 Å². The molecule has 0 spiro atoms. The molecule has 0 radical (unpaired) electrons. The number of rotatable bonds is 4. The number of carbonyl (C=O) groups excluding carboxylic acids is 2. The maximum absolute atomic E-state index is 12.3. The van der Waals surface area contributed by atoms with Gasteiger partial charge >= 0.3 is 0 Å². The highest BCUT2D eigenvalue weighted by Crippen LogP contribution is 2.21. The Morgan fingerprint density at radius 3 is 2.62 bits per heavy atom. The minimum atomic E-state index is -0.291. The minimum Gasteiger partial charge on any atom is -0.363 e. The molecule has 21 heavy (non-hydrogen) atoms. The van der Waals surface area contributed by atoms with Crippen molar-refractivity contribution in [3.63, 3.8) is 0 Å². The van der Waals surface area contributed by atoms with Crippen LogP contribution >= 0.6 is 0 Å². The van der Waals surface area contributed by atoms with Crippen molar-refractivity contribution in [1.29, 1.82) is 0 Å². The average molecular weight is 286 g/mol. The van der Waals surface area contributed by atoms with Crippen molar-refractivity contribution in [1.82, 2.24) is 15.6 Å². The Balaban J connectivity index is 2.41. The summed E-state index contributed by atoms with van der Waals surface area (Å²) in [5.41, 5.74) is 1.25. The van der Waals surface area contributed by atoms with Crippen molar-refractivity contribution >= 4 is 28.5 Å². The van der Waals surface area contributed by atoms with Crippen LogP contribution in [0.25, 0.3) is 10.9 Å². The van der Waals surface area contributed by atoms with Crippen LogP contribution in [0, 0.1) is 0 Å². The van der Waals surface area contributed by atoms with Crippen LogP contribution in [0.1, 0.15) is 10.4 Å². The Labute approximate surface area is 123 Å². The quantitative estimate of drug-likeness (QED) is 0.871. The van der Waals surface area contributed by atoms with Gasteiger partial charge in [0, 0.05) is 26.5 Å². The standard InChI is InChI=1S/C15H18N4O2/c1-16-14(20)9-17-15(21)11-8-13(19(2)3)18-12-7-5-4-6-10(11)12/h4-8H,9H2,1-3H3,(H,16,20)(H,17,21). The normalized spacial score (nSPS) is 10.2. The number of para-hydroxylation sites is 1. The molecule has 1 aromatic carbocycles. The minimum absolute atomic E-state index is 0.0523. The molecule has 0 fully saturated rings. The molecule has 0 saturated carbocycles. The molecule has 2 aromatic rings. The molecule has 2 N–H and O–H groups in total. The van der Waals surface area contributed by atoms with Crippen molar-refractivity contribution in [2.45, 2.75) is 0 Å². The van der Waals surface area contributed by atoms with E-state index in [0.717, 1.165) is 10.9 Å². The Morgan fingerprint density at radius 1 is 1.24 bits per heavy atom. The van der Waals surface area contributed by atoms with Gasteiger partial charge in [0.15, 0.2) is 0 Å². The monoisotopic (exact) mass is 286 g/mol. The first kappa shape index (κ1) is 14.8. The molecule has 1 aromatic heterocycles. The van der Waals surface area contributed by atoms with Crippen LogP contribution in [0.2, 0.25) is 0 Å². The van der Waals surface area contributed by atoms with E-state index in [2.05, 4.69) is 15.6 Å². The summed E-state index contributed by atoms with van der Waals surface area (Å²) in [5, 5.41) is 5.84. The van der Waals surface area contributed by atoms with E-state index in [1.54, 1.807) is 6.07 Å². The lowest BCUT2D eigenvalue weighted by atomic mass is 10.1. The molecule has 0 bridgehead atoms. The number of hydrogen-bond acceptors (Lipinski definition) is 4. The molecule has 6 heteroatoms. The third-order valence-corrected chi connectivity index (χ3v) is 3.09. The zero-order valence-electron chi connectivity index (χ0n) is 12.3. The fourth-order valence-electron chi connectivity index (χ4n) is 1.92. The summed E-state index contributed by atoms with van der Waals surface area (Å²) in [6, 6.07) is 9.16. The summed E-state index contributed by atoms with van der Waals surface area (Å²) < 4.78 is 0. The van der Waals surface area contributed by atoms with Gasteiger partial charge in [-0.25, -0.2) is 4.98 Å². The fraction of sp³-hybridized carbons (Fsp3) is 0.267. The van der Waals surface area contributed by atoms with Crippen LogP contribution in [0.15, 0.2) is 30.3 Å². The van der Waals surface area contributed by atoms with Gasteiger partial charge < -0.3 is 15.5 Å². The Bertz CT molecular complexity index is 682. The zero-order valence-corrected chi connectivity index (χ0v) is 12.3. The molecule has 110 valence electrons. The van der Waals surface area contributed by atoms with Crippen molar-refractivity contribution in [3.8, 4) is 0 Å². The summed E-state index contributed by atoms with van der Waals surface area (Å²) in [5.74, 6) is 0.161. The zero-order chi connectivity index (χ0) is 15.4. The first-order valence-electron chi connectivity index (χ1n) is 6.59. The predicted molar refractivity (Wildman–Crippen MR) is 82.5 cm³/mol. The lowest BCUT2D eigenvalue weighted by molar-refractivity contribution is -0.119. The molecule has 0 unspecified atom stereocenters. The van der Waals surface area contributed by atoms with Crippen LogP contribution in [-0.4, -0.2) is 44.5 Å². The van der Waals surface area contributed by atoms with E-state index in [4.69, 9.17) is 0 Å². The number of benzene rings is 1. The van der Waals surface area contributed by atoms with Gasteiger partial charge in [0.05, 0.1) is 17.6 Å². The Morgan fingerprint density at radius 2 is 1.95 bits per heavy atom. The number of pyridine rings is 1. The molecule has 0 aliphatic carbocycles. The number of amides is 2. The van der Waals surface area contributed by atoms with E-state index in [1.807, 2.05) is 43.3 Å². The van der Waals surface area contributed by atoms with Gasteiger partial charge in [-0.05, 0) is 12.1 Å².